The predicted molar refractivity (Wildman–Crippen MR) is 100 cm³/mol. The van der Waals surface area contributed by atoms with Gasteiger partial charge in [-0.3, -0.25) is 9.69 Å². The summed E-state index contributed by atoms with van der Waals surface area (Å²) in [6.45, 7) is 0.492. The number of halogens is 1. The number of nitrogens with zero attached hydrogens (tertiary/aromatic N) is 1. The van der Waals surface area contributed by atoms with Gasteiger partial charge >= 0.3 is 6.09 Å². The van der Waals surface area contributed by atoms with Crippen LogP contribution in [-0.4, -0.2) is 31.2 Å². The van der Waals surface area contributed by atoms with Crippen LogP contribution in [0.4, 0.5) is 14.9 Å². The van der Waals surface area contributed by atoms with Crippen LogP contribution in [0.3, 0.4) is 0 Å². The summed E-state index contributed by atoms with van der Waals surface area (Å²) >= 11 is 0. The molecule has 0 bridgehead atoms. The van der Waals surface area contributed by atoms with Crippen LogP contribution < -0.4 is 10.2 Å². The first-order chi connectivity index (χ1) is 13.1. The smallest absolute Gasteiger partial charge is 0.414 e. The highest BCUT2D eigenvalue weighted by molar-refractivity contribution is 6.07. The Balaban J connectivity index is 1.42. The zero-order chi connectivity index (χ0) is 18.8. The van der Waals surface area contributed by atoms with Crippen molar-refractivity contribution in [3.05, 3.63) is 78.1 Å². The summed E-state index contributed by atoms with van der Waals surface area (Å²) in [6, 6.07) is 18.8. The molecule has 6 heteroatoms. The molecule has 0 aliphatic carbocycles. The first-order valence-electron chi connectivity index (χ1n) is 8.61. The van der Waals surface area contributed by atoms with Crippen molar-refractivity contribution in [1.82, 2.24) is 5.32 Å². The minimum atomic E-state index is -0.508. The van der Waals surface area contributed by atoms with Crippen molar-refractivity contribution in [3.8, 4) is 0 Å². The maximum Gasteiger partial charge on any atom is 0.414 e. The molecule has 0 saturated carbocycles. The Morgan fingerprint density at radius 2 is 1.81 bits per heavy atom. The Hall–Kier alpha value is -3.41. The Morgan fingerprint density at radius 1 is 1.07 bits per heavy atom. The van der Waals surface area contributed by atoms with E-state index in [0.29, 0.717) is 17.8 Å². The van der Waals surface area contributed by atoms with Crippen molar-refractivity contribution >= 4 is 28.5 Å². The van der Waals surface area contributed by atoms with E-state index in [4.69, 9.17) is 4.74 Å². The van der Waals surface area contributed by atoms with Crippen molar-refractivity contribution in [2.45, 2.75) is 6.10 Å². The van der Waals surface area contributed by atoms with Gasteiger partial charge in [0.2, 0.25) is 0 Å². The third-order valence-electron chi connectivity index (χ3n) is 4.54. The Bertz CT molecular complexity index is 998. The summed E-state index contributed by atoms with van der Waals surface area (Å²) in [5, 5.41) is 4.69. The van der Waals surface area contributed by atoms with E-state index in [2.05, 4.69) is 5.32 Å². The van der Waals surface area contributed by atoms with Crippen LogP contribution in [0.15, 0.2) is 66.7 Å². The largest absolute Gasteiger partial charge is 0.442 e. The molecular weight excluding hydrogens is 347 g/mol. The van der Waals surface area contributed by atoms with Gasteiger partial charge in [0.25, 0.3) is 5.91 Å². The Kier molecular flexibility index (Phi) is 4.46. The van der Waals surface area contributed by atoms with E-state index in [0.717, 1.165) is 10.8 Å². The molecule has 1 fully saturated rings. The molecule has 3 aromatic carbocycles. The number of benzene rings is 3. The van der Waals surface area contributed by atoms with E-state index >= 15 is 0 Å². The lowest BCUT2D eigenvalue weighted by Crippen LogP contribution is -2.34. The second-order valence-corrected chi connectivity index (χ2v) is 6.33. The maximum absolute atomic E-state index is 13.0. The zero-order valence-corrected chi connectivity index (χ0v) is 14.4. The van der Waals surface area contributed by atoms with Crippen molar-refractivity contribution < 1.29 is 18.7 Å². The molecule has 5 nitrogen and oxygen atoms in total. The molecule has 1 heterocycles. The van der Waals surface area contributed by atoms with Crippen molar-refractivity contribution in [1.29, 1.82) is 0 Å². The molecule has 2 amide bonds. The van der Waals surface area contributed by atoms with Crippen molar-refractivity contribution in [2.24, 2.45) is 0 Å². The van der Waals surface area contributed by atoms with Crippen molar-refractivity contribution in [2.75, 3.05) is 18.0 Å². The number of hydrogen-bond acceptors (Lipinski definition) is 3. The lowest BCUT2D eigenvalue weighted by molar-refractivity contribution is 0.0917. The van der Waals surface area contributed by atoms with Gasteiger partial charge in [0, 0.05) is 11.3 Å². The molecule has 0 unspecified atom stereocenters. The van der Waals surface area contributed by atoms with E-state index in [9.17, 15) is 14.0 Å². The number of fused-ring (bicyclic) bond motifs is 1. The van der Waals surface area contributed by atoms with Gasteiger partial charge in [0.05, 0.1) is 13.1 Å². The third-order valence-corrected chi connectivity index (χ3v) is 4.54. The number of ether oxygens (including phenoxy) is 1. The fourth-order valence-corrected chi connectivity index (χ4v) is 3.18. The van der Waals surface area contributed by atoms with Gasteiger partial charge in [0.15, 0.2) is 0 Å². The molecule has 4 rings (SSSR count). The van der Waals surface area contributed by atoms with Gasteiger partial charge in [0.1, 0.15) is 11.9 Å². The van der Waals surface area contributed by atoms with E-state index in [1.165, 1.54) is 29.2 Å². The third kappa shape index (κ3) is 3.46. The molecule has 3 aromatic rings. The van der Waals surface area contributed by atoms with E-state index in [1.54, 1.807) is 6.07 Å². The zero-order valence-electron chi connectivity index (χ0n) is 14.4. The van der Waals surface area contributed by atoms with Gasteiger partial charge in [-0.05, 0) is 41.1 Å². The SMILES string of the molecule is O=C(NC[C@H]1CN(c2ccc(F)cc2)C(=O)O1)c1cccc2ccccc12. The second-order valence-electron chi connectivity index (χ2n) is 6.33. The lowest BCUT2D eigenvalue weighted by Gasteiger charge is -2.13. The Morgan fingerprint density at radius 3 is 2.63 bits per heavy atom. The first-order valence-corrected chi connectivity index (χ1v) is 8.61. The number of anilines is 1. The number of amides is 2. The fourth-order valence-electron chi connectivity index (χ4n) is 3.18. The quantitative estimate of drug-likeness (QED) is 0.767. The minimum Gasteiger partial charge on any atom is -0.442 e. The number of cyclic esters (lactones) is 1. The topological polar surface area (TPSA) is 58.6 Å². The summed E-state index contributed by atoms with van der Waals surface area (Å²) in [7, 11) is 0. The monoisotopic (exact) mass is 364 g/mol. The molecule has 1 atom stereocenters. The molecular formula is C21H17FN2O3. The summed E-state index contributed by atoms with van der Waals surface area (Å²) in [4.78, 5) is 26.1. The normalized spacial score (nSPS) is 16.4. The lowest BCUT2D eigenvalue weighted by atomic mass is 10.0. The van der Waals surface area contributed by atoms with Crippen LogP contribution in [0, 0.1) is 5.82 Å². The Labute approximate surface area is 155 Å². The van der Waals surface area contributed by atoms with Gasteiger partial charge in [-0.1, -0.05) is 36.4 Å². The van der Waals surface area contributed by atoms with E-state index in [1.807, 2.05) is 36.4 Å². The number of rotatable bonds is 4. The number of carbonyl (C=O) groups is 2. The van der Waals surface area contributed by atoms with Gasteiger partial charge in [-0.2, -0.15) is 0 Å². The summed E-state index contributed by atoms with van der Waals surface area (Å²) in [5.74, 6) is -0.590. The van der Waals surface area contributed by atoms with Gasteiger partial charge in [-0.15, -0.1) is 0 Å². The predicted octanol–water partition coefficient (Wildman–Crippen LogP) is 3.73. The standard InChI is InChI=1S/C21H17FN2O3/c22-15-8-10-16(11-9-15)24-13-17(27-21(24)26)12-23-20(25)19-7-3-5-14-4-1-2-6-18(14)19/h1-11,17H,12-13H2,(H,23,25)/t17-/m0/s1. The van der Waals surface area contributed by atoms with Crippen molar-refractivity contribution in [3.63, 3.8) is 0 Å². The van der Waals surface area contributed by atoms with Crippen LogP contribution in [0.5, 0.6) is 0 Å². The molecule has 0 radical (unpaired) electrons. The minimum absolute atomic E-state index is 0.200. The molecule has 1 aliphatic heterocycles. The average Bonchev–Trinajstić information content (AvgIpc) is 3.07. The average molecular weight is 364 g/mol. The molecule has 1 aliphatic rings. The maximum atomic E-state index is 13.0. The van der Waals surface area contributed by atoms with E-state index < -0.39 is 12.2 Å². The highest BCUT2D eigenvalue weighted by Crippen LogP contribution is 2.22. The molecule has 27 heavy (non-hydrogen) atoms. The molecule has 0 spiro atoms. The van der Waals surface area contributed by atoms with Gasteiger partial charge < -0.3 is 10.1 Å². The number of nitrogens with one attached hydrogen (secondary N) is 1. The fraction of sp³-hybridized carbons (Fsp3) is 0.143. The van der Waals surface area contributed by atoms with E-state index in [-0.39, 0.29) is 18.3 Å². The molecule has 1 saturated heterocycles. The van der Waals surface area contributed by atoms with Crippen LogP contribution in [-0.2, 0) is 4.74 Å². The molecule has 136 valence electrons. The van der Waals surface area contributed by atoms with Crippen LogP contribution in [0.2, 0.25) is 0 Å². The summed E-state index contributed by atoms with van der Waals surface area (Å²) < 4.78 is 18.4. The highest BCUT2D eigenvalue weighted by Gasteiger charge is 2.32. The highest BCUT2D eigenvalue weighted by atomic mass is 19.1. The second kappa shape index (κ2) is 7.07. The number of carbonyl (C=O) groups excluding carboxylic acids is 2. The molecule has 0 aromatic heterocycles. The first kappa shape index (κ1) is 17.0. The number of hydrogen-bond donors (Lipinski definition) is 1. The van der Waals surface area contributed by atoms with Crippen LogP contribution >= 0.6 is 0 Å². The summed E-state index contributed by atoms with van der Waals surface area (Å²) in [5.41, 5.74) is 1.14. The van der Waals surface area contributed by atoms with Gasteiger partial charge in [-0.25, -0.2) is 9.18 Å². The summed E-state index contributed by atoms with van der Waals surface area (Å²) in [6.07, 6.45) is -0.979. The molecule has 1 N–H and O–H groups in total. The van der Waals surface area contributed by atoms with Crippen LogP contribution in [0.1, 0.15) is 10.4 Å². The van der Waals surface area contributed by atoms with Crippen LogP contribution in [0.25, 0.3) is 10.8 Å².